The minimum atomic E-state index is -0.800. The van der Waals surface area contributed by atoms with Crippen molar-refractivity contribution in [3.05, 3.63) is 33.9 Å². The first-order valence-corrected chi connectivity index (χ1v) is 6.13. The van der Waals surface area contributed by atoms with Crippen molar-refractivity contribution in [2.45, 2.75) is 26.7 Å². The zero-order valence-electron chi connectivity index (χ0n) is 11.0. The van der Waals surface area contributed by atoms with Gasteiger partial charge in [-0.15, -0.1) is 0 Å². The number of nitro groups is 1. The van der Waals surface area contributed by atoms with Gasteiger partial charge in [0.1, 0.15) is 0 Å². The SMILES string of the molecule is Cc1ccc([N+](=O)[O-])cc1NCCCC(C)C(=O)O. The van der Waals surface area contributed by atoms with Gasteiger partial charge in [0.2, 0.25) is 0 Å². The molecule has 6 heteroatoms. The molecule has 0 saturated heterocycles. The fourth-order valence-corrected chi connectivity index (χ4v) is 1.67. The average molecular weight is 266 g/mol. The van der Waals surface area contributed by atoms with Crippen molar-refractivity contribution in [2.75, 3.05) is 11.9 Å². The third-order valence-corrected chi connectivity index (χ3v) is 2.98. The molecule has 0 fully saturated rings. The van der Waals surface area contributed by atoms with E-state index in [9.17, 15) is 14.9 Å². The first-order chi connectivity index (χ1) is 8.91. The van der Waals surface area contributed by atoms with Crippen LogP contribution in [0.1, 0.15) is 25.3 Å². The summed E-state index contributed by atoms with van der Waals surface area (Å²) in [6.45, 7) is 4.13. The van der Waals surface area contributed by atoms with Gasteiger partial charge in [-0.1, -0.05) is 13.0 Å². The molecule has 0 bridgehead atoms. The molecule has 0 heterocycles. The molecular weight excluding hydrogens is 248 g/mol. The normalized spacial score (nSPS) is 11.9. The number of aryl methyl sites for hydroxylation is 1. The molecule has 0 aliphatic carbocycles. The third kappa shape index (κ3) is 4.57. The van der Waals surface area contributed by atoms with Crippen molar-refractivity contribution in [2.24, 2.45) is 5.92 Å². The second-order valence-electron chi connectivity index (χ2n) is 4.56. The topological polar surface area (TPSA) is 92.5 Å². The van der Waals surface area contributed by atoms with Crippen LogP contribution in [0.25, 0.3) is 0 Å². The van der Waals surface area contributed by atoms with Crippen molar-refractivity contribution in [1.82, 2.24) is 0 Å². The van der Waals surface area contributed by atoms with Crippen LogP contribution in [0.5, 0.6) is 0 Å². The maximum atomic E-state index is 10.7. The Bertz CT molecular complexity index is 474. The van der Waals surface area contributed by atoms with Gasteiger partial charge in [-0.25, -0.2) is 0 Å². The van der Waals surface area contributed by atoms with Crippen LogP contribution in [-0.4, -0.2) is 22.5 Å². The van der Waals surface area contributed by atoms with Crippen LogP contribution in [0, 0.1) is 23.0 Å². The zero-order chi connectivity index (χ0) is 14.4. The van der Waals surface area contributed by atoms with E-state index in [-0.39, 0.29) is 11.6 Å². The highest BCUT2D eigenvalue weighted by molar-refractivity contribution is 5.69. The van der Waals surface area contributed by atoms with Gasteiger partial charge in [0.05, 0.1) is 10.8 Å². The largest absolute Gasteiger partial charge is 0.481 e. The Labute approximate surface area is 111 Å². The van der Waals surface area contributed by atoms with E-state index < -0.39 is 10.9 Å². The summed E-state index contributed by atoms with van der Waals surface area (Å²) in [5, 5.41) is 22.5. The number of carbonyl (C=O) groups is 1. The summed E-state index contributed by atoms with van der Waals surface area (Å²) in [6.07, 6.45) is 1.28. The Morgan fingerprint density at radius 3 is 2.79 bits per heavy atom. The molecule has 19 heavy (non-hydrogen) atoms. The van der Waals surface area contributed by atoms with E-state index in [0.29, 0.717) is 19.4 Å². The summed E-state index contributed by atoms with van der Waals surface area (Å²) in [5.41, 5.74) is 1.70. The van der Waals surface area contributed by atoms with Crippen LogP contribution in [0.2, 0.25) is 0 Å². The van der Waals surface area contributed by atoms with Gasteiger partial charge in [0.15, 0.2) is 0 Å². The highest BCUT2D eigenvalue weighted by Crippen LogP contribution is 2.21. The molecule has 0 aliphatic heterocycles. The zero-order valence-corrected chi connectivity index (χ0v) is 11.0. The number of hydrogen-bond donors (Lipinski definition) is 2. The van der Waals surface area contributed by atoms with E-state index >= 15 is 0 Å². The van der Waals surface area contributed by atoms with Crippen LogP contribution >= 0.6 is 0 Å². The summed E-state index contributed by atoms with van der Waals surface area (Å²) < 4.78 is 0. The van der Waals surface area contributed by atoms with Crippen molar-refractivity contribution >= 4 is 17.3 Å². The van der Waals surface area contributed by atoms with Gasteiger partial charge in [-0.2, -0.15) is 0 Å². The van der Waals surface area contributed by atoms with Crippen LogP contribution in [0.4, 0.5) is 11.4 Å². The number of hydrogen-bond acceptors (Lipinski definition) is 4. The number of carboxylic acids is 1. The Kier molecular flexibility index (Phi) is 5.29. The molecule has 1 atom stereocenters. The Hall–Kier alpha value is -2.11. The minimum absolute atomic E-state index is 0.0482. The van der Waals surface area contributed by atoms with Crippen molar-refractivity contribution in [1.29, 1.82) is 0 Å². The van der Waals surface area contributed by atoms with E-state index in [0.717, 1.165) is 11.3 Å². The van der Waals surface area contributed by atoms with E-state index in [4.69, 9.17) is 5.11 Å². The monoisotopic (exact) mass is 266 g/mol. The second kappa shape index (κ2) is 6.72. The molecule has 1 aromatic rings. The first kappa shape index (κ1) is 14.9. The second-order valence-corrected chi connectivity index (χ2v) is 4.56. The highest BCUT2D eigenvalue weighted by atomic mass is 16.6. The number of carboxylic acid groups (broad SMARTS) is 1. The van der Waals surface area contributed by atoms with Gasteiger partial charge in [0, 0.05) is 24.4 Å². The predicted molar refractivity (Wildman–Crippen MR) is 72.4 cm³/mol. The van der Waals surface area contributed by atoms with Crippen LogP contribution in [0.3, 0.4) is 0 Å². The highest BCUT2D eigenvalue weighted by Gasteiger charge is 2.11. The lowest BCUT2D eigenvalue weighted by Gasteiger charge is -2.10. The summed E-state index contributed by atoms with van der Waals surface area (Å²) in [7, 11) is 0. The van der Waals surface area contributed by atoms with Crippen molar-refractivity contribution in [3.63, 3.8) is 0 Å². The van der Waals surface area contributed by atoms with Gasteiger partial charge in [0.25, 0.3) is 5.69 Å². The number of aliphatic carboxylic acids is 1. The van der Waals surface area contributed by atoms with E-state index in [2.05, 4.69) is 5.32 Å². The van der Waals surface area contributed by atoms with Crippen LogP contribution < -0.4 is 5.32 Å². The summed E-state index contributed by atoms with van der Waals surface area (Å²) in [6, 6.07) is 4.66. The first-order valence-electron chi connectivity index (χ1n) is 6.13. The van der Waals surface area contributed by atoms with Crippen LogP contribution in [0.15, 0.2) is 18.2 Å². The molecule has 2 N–H and O–H groups in total. The predicted octanol–water partition coefficient (Wildman–Crippen LogP) is 2.82. The summed E-state index contributed by atoms with van der Waals surface area (Å²) in [4.78, 5) is 20.9. The number of benzene rings is 1. The number of anilines is 1. The standard InChI is InChI=1S/C13H18N2O4/c1-9-5-6-11(15(18)19)8-12(9)14-7-3-4-10(2)13(16)17/h5-6,8,10,14H,3-4,7H2,1-2H3,(H,16,17). The van der Waals surface area contributed by atoms with Crippen molar-refractivity contribution < 1.29 is 14.8 Å². The molecule has 0 saturated carbocycles. The Morgan fingerprint density at radius 2 is 2.21 bits per heavy atom. The van der Waals surface area contributed by atoms with E-state index in [1.54, 1.807) is 13.0 Å². The fourth-order valence-electron chi connectivity index (χ4n) is 1.67. The maximum absolute atomic E-state index is 10.7. The third-order valence-electron chi connectivity index (χ3n) is 2.98. The van der Waals surface area contributed by atoms with E-state index in [1.165, 1.54) is 12.1 Å². The molecule has 0 amide bonds. The number of non-ortho nitro benzene ring substituents is 1. The fraction of sp³-hybridized carbons (Fsp3) is 0.462. The number of nitrogens with one attached hydrogen (secondary N) is 1. The molecule has 0 aromatic heterocycles. The average Bonchev–Trinajstić information content (AvgIpc) is 2.35. The van der Waals surface area contributed by atoms with Gasteiger partial charge in [-0.05, 0) is 25.3 Å². The lowest BCUT2D eigenvalue weighted by atomic mass is 10.1. The molecule has 1 aromatic carbocycles. The molecule has 1 rings (SSSR count). The number of nitro benzene ring substituents is 1. The molecular formula is C13H18N2O4. The van der Waals surface area contributed by atoms with E-state index in [1.807, 2.05) is 6.92 Å². The number of nitrogens with zero attached hydrogens (tertiary/aromatic N) is 1. The Balaban J connectivity index is 2.51. The molecule has 0 aliphatic rings. The number of rotatable bonds is 7. The smallest absolute Gasteiger partial charge is 0.306 e. The van der Waals surface area contributed by atoms with Crippen LogP contribution in [-0.2, 0) is 4.79 Å². The summed E-state index contributed by atoms with van der Waals surface area (Å²) >= 11 is 0. The van der Waals surface area contributed by atoms with Gasteiger partial charge < -0.3 is 10.4 Å². The van der Waals surface area contributed by atoms with Crippen molar-refractivity contribution in [3.8, 4) is 0 Å². The lowest BCUT2D eigenvalue weighted by Crippen LogP contribution is -2.12. The lowest BCUT2D eigenvalue weighted by molar-refractivity contribution is -0.384. The quantitative estimate of drug-likeness (QED) is 0.449. The molecule has 0 spiro atoms. The molecule has 1 unspecified atom stereocenters. The Morgan fingerprint density at radius 1 is 1.53 bits per heavy atom. The molecule has 0 radical (unpaired) electrons. The molecule has 104 valence electrons. The van der Waals surface area contributed by atoms with Gasteiger partial charge in [-0.3, -0.25) is 14.9 Å². The van der Waals surface area contributed by atoms with Gasteiger partial charge >= 0.3 is 5.97 Å². The summed E-state index contributed by atoms with van der Waals surface area (Å²) in [5.74, 6) is -1.17. The maximum Gasteiger partial charge on any atom is 0.306 e. The minimum Gasteiger partial charge on any atom is -0.481 e. The molecule has 6 nitrogen and oxygen atoms in total.